The number of hydrogen-bond acceptors (Lipinski definition) is 1. The average molecular weight is 98.0 g/mol. The van der Waals surface area contributed by atoms with Crippen LogP contribution in [0.4, 0.5) is 13.4 Å². The Kier molecular flexibility index (Phi) is 2.19. The summed E-state index contributed by atoms with van der Waals surface area (Å²) in [7, 11) is 0. The molecule has 0 heterocycles. The highest BCUT2D eigenvalue weighted by molar-refractivity contribution is 5.50. The van der Waals surface area contributed by atoms with Gasteiger partial charge < -0.3 is 0 Å². The van der Waals surface area contributed by atoms with E-state index in [0.29, 0.717) is 0 Å². The standard InChI is InChI=1S/CHF3N2/c2-5-1-6(3)4/h1H. The maximum Gasteiger partial charge on any atom is 0.190 e. The summed E-state index contributed by atoms with van der Waals surface area (Å²) in [5, 5.41) is 0. The number of rotatable bonds is 1. The third-order valence-corrected chi connectivity index (χ3v) is 0.131. The lowest BCUT2D eigenvalue weighted by Crippen LogP contribution is -1.92. The van der Waals surface area contributed by atoms with Gasteiger partial charge in [-0.3, -0.25) is 0 Å². The number of halogens is 3. The van der Waals surface area contributed by atoms with Crippen molar-refractivity contribution in [3.8, 4) is 0 Å². The molecule has 0 bridgehead atoms. The molecule has 0 rings (SSSR count). The van der Waals surface area contributed by atoms with Crippen LogP contribution in [0.1, 0.15) is 0 Å². The van der Waals surface area contributed by atoms with Crippen molar-refractivity contribution >= 4 is 6.34 Å². The van der Waals surface area contributed by atoms with Crippen LogP contribution in [0.2, 0.25) is 0 Å². The molecule has 0 aromatic carbocycles. The summed E-state index contributed by atoms with van der Waals surface area (Å²) in [6.07, 6.45) is -0.250. The van der Waals surface area contributed by atoms with Crippen molar-refractivity contribution in [2.75, 3.05) is 0 Å². The minimum atomic E-state index is -1.49. The van der Waals surface area contributed by atoms with E-state index in [1.54, 1.807) is 0 Å². The van der Waals surface area contributed by atoms with Crippen molar-refractivity contribution in [3.05, 3.63) is 0 Å². The topological polar surface area (TPSA) is 15.6 Å². The van der Waals surface area contributed by atoms with Gasteiger partial charge in [0.05, 0.1) is 0 Å². The molecule has 0 aliphatic rings. The van der Waals surface area contributed by atoms with Crippen LogP contribution in [0.25, 0.3) is 0 Å². The van der Waals surface area contributed by atoms with Crippen LogP contribution < -0.4 is 0 Å². The third-order valence-electron chi connectivity index (χ3n) is 0.131. The van der Waals surface area contributed by atoms with Crippen molar-refractivity contribution in [2.45, 2.75) is 0 Å². The van der Waals surface area contributed by atoms with Gasteiger partial charge in [-0.25, -0.2) is 0 Å². The maximum absolute atomic E-state index is 10.5. The molecule has 0 radical (unpaired) electrons. The average Bonchev–Trinajstić information content (AvgIpc) is 1.35. The summed E-state index contributed by atoms with van der Waals surface area (Å²) < 4.78 is 31.2. The predicted octanol–water partition coefficient (Wildman–Crippen LogP) is 0.970. The molecule has 0 amide bonds. The van der Waals surface area contributed by atoms with Crippen LogP contribution in [-0.4, -0.2) is 11.7 Å². The molecule has 0 N–H and O–H groups in total. The molecule has 0 unspecified atom stereocenters. The van der Waals surface area contributed by atoms with Crippen LogP contribution in [0.5, 0.6) is 0 Å². The molecule has 0 saturated heterocycles. The van der Waals surface area contributed by atoms with Gasteiger partial charge in [0.2, 0.25) is 0 Å². The summed E-state index contributed by atoms with van der Waals surface area (Å²) in [6.45, 7) is 0. The lowest BCUT2D eigenvalue weighted by molar-refractivity contribution is -0.0684. The first-order valence-corrected chi connectivity index (χ1v) is 1.02. The summed E-state index contributed by atoms with van der Waals surface area (Å²) in [5.74, 6) is 0. The van der Waals surface area contributed by atoms with Crippen molar-refractivity contribution in [3.63, 3.8) is 0 Å². The van der Waals surface area contributed by atoms with Crippen LogP contribution >= 0.6 is 0 Å². The van der Waals surface area contributed by atoms with Gasteiger partial charge in [0.25, 0.3) is 0 Å². The lowest BCUT2D eigenvalue weighted by Gasteiger charge is -1.81. The van der Waals surface area contributed by atoms with E-state index in [-0.39, 0.29) is 6.34 Å². The molecule has 0 aliphatic heterocycles. The quantitative estimate of drug-likeness (QED) is 0.271. The fourth-order valence-corrected chi connectivity index (χ4v) is 0.0330. The Morgan fingerprint density at radius 1 is 1.50 bits per heavy atom. The largest absolute Gasteiger partial charge is 0.190 e. The molecule has 0 saturated carbocycles. The first-order valence-electron chi connectivity index (χ1n) is 1.02. The SMILES string of the molecule is FN=CN(F)F. The molecule has 0 atom stereocenters. The molecule has 0 fully saturated rings. The zero-order valence-electron chi connectivity index (χ0n) is 2.61. The van der Waals surface area contributed by atoms with E-state index in [1.807, 2.05) is 0 Å². The van der Waals surface area contributed by atoms with Crippen LogP contribution in [0, 0.1) is 0 Å². The summed E-state index contributed by atoms with van der Waals surface area (Å²) in [6, 6.07) is 0. The molecule has 36 valence electrons. The van der Waals surface area contributed by atoms with Crippen molar-refractivity contribution in [2.24, 2.45) is 5.21 Å². The third kappa shape index (κ3) is 3.26. The molecule has 6 heavy (non-hydrogen) atoms. The Hall–Kier alpha value is -0.740. The van der Waals surface area contributed by atoms with Crippen molar-refractivity contribution < 1.29 is 13.4 Å². The van der Waals surface area contributed by atoms with Crippen LogP contribution in [-0.2, 0) is 0 Å². The van der Waals surface area contributed by atoms with Gasteiger partial charge in [0.15, 0.2) is 6.34 Å². The fraction of sp³-hybridized carbons (Fsp3) is 0. The highest BCUT2D eigenvalue weighted by Gasteiger charge is 1.82. The second-order valence-electron chi connectivity index (χ2n) is 0.472. The monoisotopic (exact) mass is 98.0 g/mol. The van der Waals surface area contributed by atoms with Gasteiger partial charge in [-0.05, 0) is 5.34 Å². The van der Waals surface area contributed by atoms with Gasteiger partial charge >= 0.3 is 0 Å². The van der Waals surface area contributed by atoms with Crippen LogP contribution in [0.15, 0.2) is 5.21 Å². The Morgan fingerprint density at radius 3 is 2.00 bits per heavy atom. The normalized spacial score (nSPS) is 9.83. The Bertz CT molecular complexity index is 50.8. The first-order chi connectivity index (χ1) is 2.77. The summed E-state index contributed by atoms with van der Waals surface area (Å²) >= 11 is 0. The number of hydrogen-bond donors (Lipinski definition) is 0. The Labute approximate surface area is 31.7 Å². The van der Waals surface area contributed by atoms with E-state index in [9.17, 15) is 13.4 Å². The second kappa shape index (κ2) is 2.49. The zero-order chi connectivity index (χ0) is 4.99. The van der Waals surface area contributed by atoms with Gasteiger partial charge in [-0.1, -0.05) is 18.7 Å². The molecule has 0 aliphatic carbocycles. The minimum absolute atomic E-state index is 0.250. The lowest BCUT2D eigenvalue weighted by atomic mass is 11.4. The summed E-state index contributed by atoms with van der Waals surface area (Å²) in [4.78, 5) is 0. The Morgan fingerprint density at radius 2 is 2.00 bits per heavy atom. The number of nitrogens with zero attached hydrogens (tertiary/aromatic N) is 2. The molecular weight excluding hydrogens is 97.0 g/mol. The Balaban J connectivity index is 3.03. The van der Waals surface area contributed by atoms with E-state index in [4.69, 9.17) is 0 Å². The maximum atomic E-state index is 10.5. The van der Waals surface area contributed by atoms with Crippen molar-refractivity contribution in [1.82, 2.24) is 5.34 Å². The highest BCUT2D eigenvalue weighted by Crippen LogP contribution is 1.80. The molecule has 0 spiro atoms. The van der Waals surface area contributed by atoms with Crippen molar-refractivity contribution in [1.29, 1.82) is 0 Å². The van der Waals surface area contributed by atoms with Gasteiger partial charge in [-0.15, -0.1) is 0 Å². The predicted molar refractivity (Wildman–Crippen MR) is 13.7 cm³/mol. The molecule has 5 heteroatoms. The molecule has 0 aromatic heterocycles. The van der Waals surface area contributed by atoms with Gasteiger partial charge in [0, 0.05) is 0 Å². The zero-order valence-corrected chi connectivity index (χ0v) is 2.61. The van der Waals surface area contributed by atoms with E-state index < -0.39 is 5.34 Å². The smallest absolute Gasteiger partial charge is 0.0738 e. The first kappa shape index (κ1) is 5.26. The van der Waals surface area contributed by atoms with E-state index in [1.165, 1.54) is 5.21 Å². The summed E-state index contributed by atoms with van der Waals surface area (Å²) in [5.41, 5.74) is 0. The van der Waals surface area contributed by atoms with E-state index >= 15 is 0 Å². The van der Waals surface area contributed by atoms with E-state index in [0.717, 1.165) is 0 Å². The molecule has 0 aromatic rings. The fourth-order valence-electron chi connectivity index (χ4n) is 0.0330. The molecule has 2 nitrogen and oxygen atoms in total. The van der Waals surface area contributed by atoms with Gasteiger partial charge in [0.1, 0.15) is 0 Å². The van der Waals surface area contributed by atoms with Crippen LogP contribution in [0.3, 0.4) is 0 Å². The second-order valence-corrected chi connectivity index (χ2v) is 0.472. The molecular formula is CHF3N2. The van der Waals surface area contributed by atoms with E-state index in [2.05, 4.69) is 0 Å². The van der Waals surface area contributed by atoms with Gasteiger partial charge in [-0.2, -0.15) is 0 Å². The highest BCUT2D eigenvalue weighted by atomic mass is 19.4. The minimum Gasteiger partial charge on any atom is -0.0738 e.